The van der Waals surface area contributed by atoms with Crippen molar-refractivity contribution in [2.75, 3.05) is 5.32 Å². The van der Waals surface area contributed by atoms with Gasteiger partial charge in [-0.3, -0.25) is 19.4 Å². The Bertz CT molecular complexity index is 684. The molecular weight excluding hydrogens is 284 g/mol. The maximum atomic E-state index is 11.7. The Labute approximate surface area is 126 Å². The van der Waals surface area contributed by atoms with Crippen molar-refractivity contribution >= 4 is 23.4 Å². The highest BCUT2D eigenvalue weighted by Gasteiger charge is 2.13. The summed E-state index contributed by atoms with van der Waals surface area (Å²) in [5.41, 5.74) is 6.67. The molecule has 22 heavy (non-hydrogen) atoms. The predicted molar refractivity (Wildman–Crippen MR) is 79.7 cm³/mol. The zero-order chi connectivity index (χ0) is 15.9. The molecule has 0 aliphatic carbocycles. The van der Waals surface area contributed by atoms with Gasteiger partial charge in [0.15, 0.2) is 0 Å². The molecule has 0 aliphatic rings. The Morgan fingerprint density at radius 3 is 2.18 bits per heavy atom. The predicted octanol–water partition coefficient (Wildman–Crippen LogP) is 0.435. The number of amides is 3. The van der Waals surface area contributed by atoms with Gasteiger partial charge < -0.3 is 16.4 Å². The number of primary amides is 1. The molecule has 0 radical (unpaired) electrons. The lowest BCUT2D eigenvalue weighted by Gasteiger charge is -2.07. The second-order valence-electron chi connectivity index (χ2n) is 4.43. The molecule has 1 heterocycles. The molecule has 3 amide bonds. The molecule has 1 aromatic carbocycles. The second kappa shape index (κ2) is 6.98. The summed E-state index contributed by atoms with van der Waals surface area (Å²) in [5, 5.41) is 4.92. The summed E-state index contributed by atoms with van der Waals surface area (Å²) >= 11 is 0. The van der Waals surface area contributed by atoms with Gasteiger partial charge in [0.1, 0.15) is 0 Å². The van der Waals surface area contributed by atoms with Crippen LogP contribution in [0.5, 0.6) is 0 Å². The van der Waals surface area contributed by atoms with Crippen LogP contribution in [0.25, 0.3) is 0 Å². The first-order valence-electron chi connectivity index (χ1n) is 6.44. The lowest BCUT2D eigenvalue weighted by Crippen LogP contribution is -2.34. The lowest BCUT2D eigenvalue weighted by molar-refractivity contribution is -0.136. The third-order valence-corrected chi connectivity index (χ3v) is 2.84. The average molecular weight is 298 g/mol. The zero-order valence-corrected chi connectivity index (χ0v) is 11.6. The molecule has 0 saturated carbocycles. The molecule has 2 aromatic rings. The molecule has 1 aromatic heterocycles. The van der Waals surface area contributed by atoms with Gasteiger partial charge in [0, 0.05) is 30.2 Å². The highest BCUT2D eigenvalue weighted by atomic mass is 16.2. The lowest BCUT2D eigenvalue weighted by atomic mass is 10.2. The van der Waals surface area contributed by atoms with E-state index in [1.165, 1.54) is 24.3 Å². The number of anilines is 1. The molecule has 2 rings (SSSR count). The van der Waals surface area contributed by atoms with Crippen molar-refractivity contribution < 1.29 is 14.4 Å². The van der Waals surface area contributed by atoms with Gasteiger partial charge in [0.05, 0.1) is 0 Å². The van der Waals surface area contributed by atoms with Crippen molar-refractivity contribution in [2.24, 2.45) is 5.73 Å². The van der Waals surface area contributed by atoms with Gasteiger partial charge in [0.25, 0.3) is 0 Å². The number of aromatic nitrogens is 1. The standard InChI is InChI=1S/C15H14N4O3/c16-13(20)11-1-3-12(4-2-11)19-15(22)14(21)18-9-10-5-7-17-8-6-10/h1-8H,9H2,(H2,16,20)(H,18,21)(H,19,22). The monoisotopic (exact) mass is 298 g/mol. The maximum absolute atomic E-state index is 11.7. The van der Waals surface area contributed by atoms with Crippen LogP contribution in [0.3, 0.4) is 0 Å². The highest BCUT2D eigenvalue weighted by Crippen LogP contribution is 2.09. The van der Waals surface area contributed by atoms with Gasteiger partial charge in [-0.2, -0.15) is 0 Å². The first-order valence-corrected chi connectivity index (χ1v) is 6.44. The molecule has 0 aliphatic heterocycles. The second-order valence-corrected chi connectivity index (χ2v) is 4.43. The van der Waals surface area contributed by atoms with Crippen molar-refractivity contribution in [3.8, 4) is 0 Å². The average Bonchev–Trinajstić information content (AvgIpc) is 2.54. The minimum absolute atomic E-state index is 0.232. The number of benzene rings is 1. The molecule has 0 fully saturated rings. The summed E-state index contributed by atoms with van der Waals surface area (Å²) in [6.45, 7) is 0.232. The number of nitrogens with two attached hydrogens (primary N) is 1. The highest BCUT2D eigenvalue weighted by molar-refractivity contribution is 6.39. The van der Waals surface area contributed by atoms with E-state index in [-0.39, 0.29) is 6.54 Å². The number of nitrogens with one attached hydrogen (secondary N) is 2. The van der Waals surface area contributed by atoms with E-state index in [1.807, 2.05) is 0 Å². The van der Waals surface area contributed by atoms with E-state index in [2.05, 4.69) is 15.6 Å². The van der Waals surface area contributed by atoms with Gasteiger partial charge in [-0.15, -0.1) is 0 Å². The van der Waals surface area contributed by atoms with Gasteiger partial charge in [-0.05, 0) is 42.0 Å². The quantitative estimate of drug-likeness (QED) is 0.710. The van der Waals surface area contributed by atoms with Crippen LogP contribution in [0.15, 0.2) is 48.8 Å². The molecule has 0 spiro atoms. The summed E-state index contributed by atoms with van der Waals surface area (Å²) in [7, 11) is 0. The number of carbonyl (C=O) groups is 3. The van der Waals surface area contributed by atoms with Crippen LogP contribution in [0.2, 0.25) is 0 Å². The van der Waals surface area contributed by atoms with E-state index < -0.39 is 17.7 Å². The molecule has 0 atom stereocenters. The van der Waals surface area contributed by atoms with Crippen LogP contribution in [0.1, 0.15) is 15.9 Å². The van der Waals surface area contributed by atoms with Crippen molar-refractivity contribution in [1.29, 1.82) is 0 Å². The summed E-state index contributed by atoms with van der Waals surface area (Å²) < 4.78 is 0. The number of hydrogen-bond acceptors (Lipinski definition) is 4. The Balaban J connectivity index is 1.88. The van der Waals surface area contributed by atoms with E-state index >= 15 is 0 Å². The normalized spacial score (nSPS) is 9.82. The van der Waals surface area contributed by atoms with Crippen molar-refractivity contribution in [3.05, 3.63) is 59.9 Å². The van der Waals surface area contributed by atoms with Gasteiger partial charge >= 0.3 is 11.8 Å². The Morgan fingerprint density at radius 1 is 0.955 bits per heavy atom. The number of hydrogen-bond donors (Lipinski definition) is 3. The number of pyridine rings is 1. The van der Waals surface area contributed by atoms with Crippen molar-refractivity contribution in [3.63, 3.8) is 0 Å². The SMILES string of the molecule is NC(=O)c1ccc(NC(=O)C(=O)NCc2ccncc2)cc1. The number of nitrogens with zero attached hydrogens (tertiary/aromatic N) is 1. The molecule has 112 valence electrons. The minimum atomic E-state index is -0.791. The number of carbonyl (C=O) groups excluding carboxylic acids is 3. The van der Waals surface area contributed by atoms with Crippen LogP contribution in [0.4, 0.5) is 5.69 Å². The van der Waals surface area contributed by atoms with Crippen molar-refractivity contribution in [2.45, 2.75) is 6.54 Å². The van der Waals surface area contributed by atoms with E-state index in [1.54, 1.807) is 24.5 Å². The van der Waals surface area contributed by atoms with E-state index in [9.17, 15) is 14.4 Å². The van der Waals surface area contributed by atoms with Gasteiger partial charge in [0.2, 0.25) is 5.91 Å². The Kier molecular flexibility index (Phi) is 4.81. The summed E-state index contributed by atoms with van der Waals surface area (Å²) in [4.78, 5) is 38.2. The van der Waals surface area contributed by atoms with E-state index in [0.29, 0.717) is 11.3 Å². The van der Waals surface area contributed by atoms with Crippen molar-refractivity contribution in [1.82, 2.24) is 10.3 Å². The summed E-state index contributed by atoms with van der Waals surface area (Å²) in [5.74, 6) is -2.11. The fourth-order valence-corrected chi connectivity index (χ4v) is 1.67. The molecule has 7 nitrogen and oxygen atoms in total. The van der Waals surface area contributed by atoms with Crippen LogP contribution in [0, 0.1) is 0 Å². The Morgan fingerprint density at radius 2 is 1.59 bits per heavy atom. The molecule has 0 saturated heterocycles. The molecule has 0 unspecified atom stereocenters. The first-order chi connectivity index (χ1) is 10.6. The fraction of sp³-hybridized carbons (Fsp3) is 0.0667. The number of rotatable bonds is 4. The van der Waals surface area contributed by atoms with E-state index in [4.69, 9.17) is 5.73 Å². The van der Waals surface area contributed by atoms with E-state index in [0.717, 1.165) is 5.56 Å². The minimum Gasteiger partial charge on any atom is -0.366 e. The molecular formula is C15H14N4O3. The zero-order valence-electron chi connectivity index (χ0n) is 11.6. The van der Waals surface area contributed by atoms with Crippen LogP contribution in [-0.4, -0.2) is 22.7 Å². The van der Waals surface area contributed by atoms with Crippen LogP contribution < -0.4 is 16.4 Å². The van der Waals surface area contributed by atoms with Gasteiger partial charge in [-0.25, -0.2) is 0 Å². The van der Waals surface area contributed by atoms with Crippen LogP contribution >= 0.6 is 0 Å². The third-order valence-electron chi connectivity index (χ3n) is 2.84. The van der Waals surface area contributed by atoms with Crippen LogP contribution in [-0.2, 0) is 16.1 Å². The molecule has 0 bridgehead atoms. The first kappa shape index (κ1) is 15.2. The topological polar surface area (TPSA) is 114 Å². The molecule has 7 heteroatoms. The summed E-state index contributed by atoms with van der Waals surface area (Å²) in [6.07, 6.45) is 3.20. The summed E-state index contributed by atoms with van der Waals surface area (Å²) in [6, 6.07) is 9.39. The fourth-order valence-electron chi connectivity index (χ4n) is 1.67. The Hall–Kier alpha value is -3.22. The maximum Gasteiger partial charge on any atom is 0.313 e. The largest absolute Gasteiger partial charge is 0.366 e. The van der Waals surface area contributed by atoms with Gasteiger partial charge in [-0.1, -0.05) is 0 Å². The third kappa shape index (κ3) is 4.14. The smallest absolute Gasteiger partial charge is 0.313 e. The molecule has 4 N–H and O–H groups in total.